The highest BCUT2D eigenvalue weighted by molar-refractivity contribution is 5.85. The van der Waals surface area contributed by atoms with Crippen molar-refractivity contribution in [1.29, 1.82) is 0 Å². The summed E-state index contributed by atoms with van der Waals surface area (Å²) in [5.41, 5.74) is 2.21. The van der Waals surface area contributed by atoms with Gasteiger partial charge in [-0.2, -0.15) is 0 Å². The highest BCUT2D eigenvalue weighted by Gasteiger charge is 2.21. The minimum absolute atomic E-state index is 0.0276. The zero-order valence-corrected chi connectivity index (χ0v) is 14.5. The lowest BCUT2D eigenvalue weighted by Crippen LogP contribution is -2.09. The van der Waals surface area contributed by atoms with Crippen molar-refractivity contribution < 1.29 is 14.9 Å². The second kappa shape index (κ2) is 8.32. The van der Waals surface area contributed by atoms with Gasteiger partial charge in [0, 0.05) is 11.8 Å². The maximum atomic E-state index is 10.9. The summed E-state index contributed by atoms with van der Waals surface area (Å²) in [7, 11) is 1.50. The van der Waals surface area contributed by atoms with E-state index in [-0.39, 0.29) is 5.75 Å². The summed E-state index contributed by atoms with van der Waals surface area (Å²) < 4.78 is 5.13. The maximum absolute atomic E-state index is 10.9. The van der Waals surface area contributed by atoms with Gasteiger partial charge < -0.3 is 14.9 Å². The number of aliphatic imine (C=N–C) groups is 1. The highest BCUT2D eigenvalue weighted by Crippen LogP contribution is 2.33. The first-order valence-electron chi connectivity index (χ1n) is 8.38. The van der Waals surface area contributed by atoms with Gasteiger partial charge in [-0.25, -0.2) is 0 Å². The molecule has 4 nitrogen and oxygen atoms in total. The first-order valence-corrected chi connectivity index (χ1v) is 8.38. The van der Waals surface area contributed by atoms with Crippen molar-refractivity contribution in [2.75, 3.05) is 7.11 Å². The molecule has 0 aliphatic heterocycles. The van der Waals surface area contributed by atoms with E-state index in [2.05, 4.69) is 4.99 Å². The average Bonchev–Trinajstić information content (AvgIpc) is 2.70. The molecule has 2 N–H and O–H groups in total. The van der Waals surface area contributed by atoms with Crippen molar-refractivity contribution in [3.63, 3.8) is 0 Å². The van der Waals surface area contributed by atoms with Gasteiger partial charge in [0.05, 0.1) is 7.11 Å². The quantitative estimate of drug-likeness (QED) is 0.654. The minimum atomic E-state index is -0.803. The SMILES string of the molecule is COc1cccc(C=NC(c2ccccc2)C(O)c2ccccc2)c1O. The summed E-state index contributed by atoms with van der Waals surface area (Å²) in [5.74, 6) is 0.411. The molecule has 3 aromatic rings. The third-order valence-corrected chi connectivity index (χ3v) is 4.21. The van der Waals surface area contributed by atoms with E-state index in [1.165, 1.54) is 7.11 Å². The van der Waals surface area contributed by atoms with Gasteiger partial charge in [-0.1, -0.05) is 66.7 Å². The number of hydrogen-bond acceptors (Lipinski definition) is 4. The number of methoxy groups -OCH3 is 1. The summed E-state index contributed by atoms with van der Waals surface area (Å²) in [6.45, 7) is 0. The fourth-order valence-electron chi connectivity index (χ4n) is 2.80. The van der Waals surface area contributed by atoms with E-state index >= 15 is 0 Å². The summed E-state index contributed by atoms with van der Waals surface area (Å²) in [6.07, 6.45) is 0.768. The van der Waals surface area contributed by atoms with Gasteiger partial charge in [-0.3, -0.25) is 4.99 Å². The molecule has 0 fully saturated rings. The van der Waals surface area contributed by atoms with Crippen LogP contribution in [0.1, 0.15) is 28.8 Å². The lowest BCUT2D eigenvalue weighted by Gasteiger charge is -2.20. The monoisotopic (exact) mass is 347 g/mol. The Labute approximate surface area is 153 Å². The number of benzene rings is 3. The molecule has 0 amide bonds. The molecule has 2 atom stereocenters. The predicted octanol–water partition coefficient (Wildman–Crippen LogP) is 4.29. The number of para-hydroxylation sites is 1. The molecule has 0 heterocycles. The number of nitrogens with zero attached hydrogens (tertiary/aromatic N) is 1. The average molecular weight is 347 g/mol. The fraction of sp³-hybridized carbons (Fsp3) is 0.136. The molecule has 2 unspecified atom stereocenters. The summed E-state index contributed by atoms with van der Waals surface area (Å²) >= 11 is 0. The summed E-state index contributed by atoms with van der Waals surface area (Å²) in [6, 6.07) is 23.8. The molecule has 0 bridgehead atoms. The molecule has 0 aromatic heterocycles. The van der Waals surface area contributed by atoms with Gasteiger partial charge >= 0.3 is 0 Å². The number of rotatable bonds is 6. The Morgan fingerprint density at radius 3 is 2.08 bits per heavy atom. The highest BCUT2D eigenvalue weighted by atomic mass is 16.5. The number of phenols is 1. The van der Waals surface area contributed by atoms with Crippen molar-refractivity contribution in [3.05, 3.63) is 95.6 Å². The van der Waals surface area contributed by atoms with Crippen LogP contribution in [0.5, 0.6) is 11.5 Å². The van der Waals surface area contributed by atoms with E-state index < -0.39 is 12.1 Å². The van der Waals surface area contributed by atoms with Crippen molar-refractivity contribution >= 4 is 6.21 Å². The van der Waals surface area contributed by atoms with E-state index in [1.807, 2.05) is 60.7 Å². The standard InChI is InChI=1S/C22H21NO3/c1-26-19-14-8-13-18(21(19)24)15-23-20(16-9-4-2-5-10-16)22(25)17-11-6-3-7-12-17/h2-15,20,22,24-25H,1H3. The molecule has 0 aliphatic rings. The fourth-order valence-corrected chi connectivity index (χ4v) is 2.80. The van der Waals surface area contributed by atoms with Crippen LogP contribution in [0.3, 0.4) is 0 Å². The van der Waals surface area contributed by atoms with Crippen LogP contribution in [-0.4, -0.2) is 23.5 Å². The zero-order chi connectivity index (χ0) is 18.4. The van der Waals surface area contributed by atoms with Crippen LogP contribution >= 0.6 is 0 Å². The smallest absolute Gasteiger partial charge is 0.166 e. The van der Waals surface area contributed by atoms with Crippen molar-refractivity contribution in [2.24, 2.45) is 4.99 Å². The van der Waals surface area contributed by atoms with Crippen LogP contribution in [0.2, 0.25) is 0 Å². The van der Waals surface area contributed by atoms with E-state index in [0.29, 0.717) is 11.3 Å². The largest absolute Gasteiger partial charge is 0.504 e. The van der Waals surface area contributed by atoms with Crippen LogP contribution in [-0.2, 0) is 0 Å². The number of aliphatic hydroxyl groups excluding tert-OH is 1. The third kappa shape index (κ3) is 3.92. The van der Waals surface area contributed by atoms with Gasteiger partial charge in [0.1, 0.15) is 12.1 Å². The Kier molecular flexibility index (Phi) is 5.66. The van der Waals surface area contributed by atoms with Crippen LogP contribution in [0.4, 0.5) is 0 Å². The molecule has 0 saturated carbocycles. The van der Waals surface area contributed by atoms with Crippen molar-refractivity contribution in [3.8, 4) is 11.5 Å². The number of hydrogen-bond donors (Lipinski definition) is 2. The second-order valence-corrected chi connectivity index (χ2v) is 5.89. The molecule has 3 rings (SSSR count). The molecule has 0 aliphatic carbocycles. The maximum Gasteiger partial charge on any atom is 0.166 e. The Morgan fingerprint density at radius 1 is 0.846 bits per heavy atom. The Bertz CT molecular complexity index is 863. The molecule has 132 valence electrons. The van der Waals surface area contributed by atoms with E-state index in [0.717, 1.165) is 11.1 Å². The van der Waals surface area contributed by atoms with E-state index in [1.54, 1.807) is 24.4 Å². The second-order valence-electron chi connectivity index (χ2n) is 5.89. The first-order chi connectivity index (χ1) is 12.7. The van der Waals surface area contributed by atoms with Crippen LogP contribution in [0.25, 0.3) is 0 Å². The molecule has 3 aromatic carbocycles. The minimum Gasteiger partial charge on any atom is -0.504 e. The topological polar surface area (TPSA) is 62.0 Å². The molecule has 26 heavy (non-hydrogen) atoms. The molecular formula is C22H21NO3. The number of phenolic OH excluding ortho intramolecular Hbond substituents is 1. The molecule has 0 radical (unpaired) electrons. The summed E-state index contributed by atoms with van der Waals surface area (Å²) in [5, 5.41) is 21.1. The van der Waals surface area contributed by atoms with Gasteiger partial charge in [0.15, 0.2) is 11.5 Å². The van der Waals surface area contributed by atoms with Gasteiger partial charge in [-0.15, -0.1) is 0 Å². The Morgan fingerprint density at radius 2 is 1.46 bits per heavy atom. The molecular weight excluding hydrogens is 326 g/mol. The van der Waals surface area contributed by atoms with Crippen LogP contribution in [0, 0.1) is 0 Å². The van der Waals surface area contributed by atoms with E-state index in [9.17, 15) is 10.2 Å². The molecule has 0 spiro atoms. The number of aromatic hydroxyl groups is 1. The third-order valence-electron chi connectivity index (χ3n) is 4.21. The first kappa shape index (κ1) is 17.7. The zero-order valence-electron chi connectivity index (χ0n) is 14.5. The lowest BCUT2D eigenvalue weighted by molar-refractivity contribution is 0.148. The van der Waals surface area contributed by atoms with Gasteiger partial charge in [0.25, 0.3) is 0 Å². The molecule has 4 heteroatoms. The van der Waals surface area contributed by atoms with Crippen molar-refractivity contribution in [1.82, 2.24) is 0 Å². The number of ether oxygens (including phenoxy) is 1. The molecule has 0 saturated heterocycles. The lowest BCUT2D eigenvalue weighted by atomic mass is 9.96. The Hall–Kier alpha value is -3.11. The summed E-state index contributed by atoms with van der Waals surface area (Å²) in [4.78, 5) is 4.59. The normalized spacial score (nSPS) is 13.5. The Balaban J connectivity index is 1.97. The predicted molar refractivity (Wildman–Crippen MR) is 103 cm³/mol. The van der Waals surface area contributed by atoms with Crippen molar-refractivity contribution in [2.45, 2.75) is 12.1 Å². The number of aliphatic hydroxyl groups is 1. The van der Waals surface area contributed by atoms with E-state index in [4.69, 9.17) is 4.74 Å². The van der Waals surface area contributed by atoms with Gasteiger partial charge in [0.2, 0.25) is 0 Å². The van der Waals surface area contributed by atoms with Crippen LogP contribution in [0.15, 0.2) is 83.9 Å². The van der Waals surface area contributed by atoms with Crippen LogP contribution < -0.4 is 4.74 Å². The van der Waals surface area contributed by atoms with Gasteiger partial charge in [-0.05, 0) is 23.3 Å².